The van der Waals surface area contributed by atoms with Crippen LogP contribution in [0.25, 0.3) is 0 Å². The first kappa shape index (κ1) is 20.8. The number of carbonyl (C=O) groups is 1. The van der Waals surface area contributed by atoms with Crippen LogP contribution in [0.5, 0.6) is 0 Å². The molecule has 2 rings (SSSR count). The number of halogens is 3. The van der Waals surface area contributed by atoms with Gasteiger partial charge in [-0.1, -0.05) is 70.2 Å². The van der Waals surface area contributed by atoms with Crippen LogP contribution in [0.1, 0.15) is 21.5 Å². The zero-order valence-corrected chi connectivity index (χ0v) is 17.2. The third kappa shape index (κ3) is 6.32. The number of thiocarbonyl (C=S) groups is 1. The van der Waals surface area contributed by atoms with E-state index >= 15 is 0 Å². The number of hydrogen-bond donors (Lipinski definition) is 3. The molecule has 4 nitrogen and oxygen atoms in total. The van der Waals surface area contributed by atoms with Crippen molar-refractivity contribution in [3.05, 3.63) is 65.2 Å². The summed E-state index contributed by atoms with van der Waals surface area (Å²) in [6.45, 7) is 3.92. The van der Waals surface area contributed by atoms with E-state index in [9.17, 15) is 4.79 Å². The van der Waals surface area contributed by atoms with Gasteiger partial charge in [0.25, 0.3) is 5.91 Å². The second-order valence-corrected chi connectivity index (χ2v) is 8.56. The van der Waals surface area contributed by atoms with E-state index in [1.807, 2.05) is 50.2 Å². The lowest BCUT2D eigenvalue weighted by Gasteiger charge is -2.27. The normalized spacial score (nSPS) is 12.2. The van der Waals surface area contributed by atoms with Crippen molar-refractivity contribution < 1.29 is 4.79 Å². The van der Waals surface area contributed by atoms with Crippen LogP contribution < -0.4 is 16.0 Å². The van der Waals surface area contributed by atoms with Gasteiger partial charge in [-0.15, -0.1) is 0 Å². The maximum Gasteiger partial charge on any atom is 0.252 e. The van der Waals surface area contributed by atoms with Crippen LogP contribution in [0.15, 0.2) is 48.5 Å². The number of anilines is 1. The smallest absolute Gasteiger partial charge is 0.252 e. The maximum atomic E-state index is 12.4. The molecule has 0 bridgehead atoms. The number of nitrogens with one attached hydrogen (secondary N) is 3. The summed E-state index contributed by atoms with van der Waals surface area (Å²) >= 11 is 23.2. The molecule has 0 aliphatic carbocycles. The lowest BCUT2D eigenvalue weighted by molar-refractivity contribution is 0.0934. The zero-order valence-electron chi connectivity index (χ0n) is 14.1. The van der Waals surface area contributed by atoms with Gasteiger partial charge in [0.15, 0.2) is 5.11 Å². The van der Waals surface area contributed by atoms with Gasteiger partial charge in [0.2, 0.25) is 3.79 Å². The minimum Gasteiger partial charge on any atom is -0.339 e. The summed E-state index contributed by atoms with van der Waals surface area (Å²) in [5.41, 5.74) is 3.40. The molecule has 0 radical (unpaired) electrons. The molecule has 0 unspecified atom stereocenters. The van der Waals surface area contributed by atoms with Crippen molar-refractivity contribution in [2.24, 2.45) is 0 Å². The zero-order chi connectivity index (χ0) is 19.3. The number of hydrogen-bond acceptors (Lipinski definition) is 2. The summed E-state index contributed by atoms with van der Waals surface area (Å²) in [6, 6.07) is 14.7. The Morgan fingerprint density at radius 1 is 0.923 bits per heavy atom. The van der Waals surface area contributed by atoms with Crippen molar-refractivity contribution in [1.29, 1.82) is 0 Å². The van der Waals surface area contributed by atoms with E-state index in [0.29, 0.717) is 5.56 Å². The molecule has 0 aliphatic heterocycles. The highest BCUT2D eigenvalue weighted by molar-refractivity contribution is 7.80. The van der Waals surface area contributed by atoms with Crippen molar-refractivity contribution in [3.63, 3.8) is 0 Å². The van der Waals surface area contributed by atoms with E-state index in [2.05, 4.69) is 16.0 Å². The molecule has 2 aromatic rings. The molecule has 0 spiro atoms. The van der Waals surface area contributed by atoms with Gasteiger partial charge in [-0.25, -0.2) is 0 Å². The van der Waals surface area contributed by atoms with E-state index in [-0.39, 0.29) is 11.0 Å². The summed E-state index contributed by atoms with van der Waals surface area (Å²) in [6.07, 6.45) is -1.02. The van der Waals surface area contributed by atoms with E-state index in [0.717, 1.165) is 16.8 Å². The lowest BCUT2D eigenvalue weighted by Crippen LogP contribution is -2.56. The third-order valence-electron chi connectivity index (χ3n) is 3.50. The SMILES string of the molecule is Cc1ccc(NC(=S)N[C@@H](NC(=O)c2ccc(C)cc2)C(Cl)(Cl)Cl)cc1. The molecule has 1 amide bonds. The molecule has 8 heteroatoms. The summed E-state index contributed by atoms with van der Waals surface area (Å²) in [5, 5.41) is 8.67. The molecule has 0 heterocycles. The average Bonchev–Trinajstić information content (AvgIpc) is 2.56. The maximum absolute atomic E-state index is 12.4. The van der Waals surface area contributed by atoms with Gasteiger partial charge < -0.3 is 16.0 Å². The second kappa shape index (κ2) is 8.91. The molecule has 0 fully saturated rings. The van der Waals surface area contributed by atoms with Gasteiger partial charge in [0, 0.05) is 11.3 Å². The van der Waals surface area contributed by atoms with Gasteiger partial charge in [0.05, 0.1) is 0 Å². The topological polar surface area (TPSA) is 53.2 Å². The predicted molar refractivity (Wildman–Crippen MR) is 113 cm³/mol. The number of aryl methyl sites for hydroxylation is 2. The van der Waals surface area contributed by atoms with Crippen LogP contribution in [-0.2, 0) is 0 Å². The largest absolute Gasteiger partial charge is 0.339 e. The van der Waals surface area contributed by atoms with Gasteiger partial charge >= 0.3 is 0 Å². The van der Waals surface area contributed by atoms with Crippen molar-refractivity contribution in [3.8, 4) is 0 Å². The molecule has 0 saturated heterocycles. The average molecular weight is 431 g/mol. The van der Waals surface area contributed by atoms with Gasteiger partial charge in [-0.2, -0.15) is 0 Å². The fourth-order valence-corrected chi connectivity index (χ4v) is 2.62. The Hall–Kier alpha value is -1.53. The molecule has 0 saturated carbocycles. The Labute approximate surface area is 173 Å². The van der Waals surface area contributed by atoms with Crippen LogP contribution in [0.2, 0.25) is 0 Å². The van der Waals surface area contributed by atoms with Crippen LogP contribution in [0.3, 0.4) is 0 Å². The number of carbonyl (C=O) groups excluding carboxylic acids is 1. The molecule has 26 heavy (non-hydrogen) atoms. The third-order valence-corrected chi connectivity index (χ3v) is 4.38. The molecule has 1 atom stereocenters. The van der Waals surface area contributed by atoms with Gasteiger partial charge in [0.1, 0.15) is 6.17 Å². The summed E-state index contributed by atoms with van der Waals surface area (Å²) < 4.78 is -1.81. The molecular weight excluding hydrogens is 413 g/mol. The first-order valence-electron chi connectivity index (χ1n) is 7.73. The quantitative estimate of drug-likeness (QED) is 0.373. The first-order valence-corrected chi connectivity index (χ1v) is 9.28. The Kier molecular flexibility index (Phi) is 7.12. The Balaban J connectivity index is 2.04. The van der Waals surface area contributed by atoms with Crippen LogP contribution in [0.4, 0.5) is 5.69 Å². The van der Waals surface area contributed by atoms with Crippen molar-refractivity contribution in [2.75, 3.05) is 5.32 Å². The molecule has 0 aliphatic rings. The lowest BCUT2D eigenvalue weighted by atomic mass is 10.1. The minimum atomic E-state index is -1.81. The highest BCUT2D eigenvalue weighted by Crippen LogP contribution is 2.29. The van der Waals surface area contributed by atoms with Crippen LogP contribution in [-0.4, -0.2) is 21.0 Å². The van der Waals surface area contributed by atoms with Crippen LogP contribution >= 0.6 is 47.0 Å². The van der Waals surface area contributed by atoms with E-state index in [1.54, 1.807) is 12.1 Å². The number of alkyl halides is 3. The summed E-state index contributed by atoms with van der Waals surface area (Å²) in [4.78, 5) is 12.4. The fourth-order valence-electron chi connectivity index (χ4n) is 2.05. The van der Waals surface area contributed by atoms with E-state index < -0.39 is 9.96 Å². The standard InChI is InChI=1S/C18H18Cl3N3OS/c1-11-3-7-13(8-4-11)15(25)23-16(18(19,20)21)24-17(26)22-14-9-5-12(2)6-10-14/h3-10,16H,1-2H3,(H,23,25)(H2,22,24,26)/t16-/m1/s1. The molecule has 3 N–H and O–H groups in total. The van der Waals surface area contributed by atoms with Crippen molar-refractivity contribution in [1.82, 2.24) is 10.6 Å². The van der Waals surface area contributed by atoms with E-state index in [4.69, 9.17) is 47.0 Å². The summed E-state index contributed by atoms with van der Waals surface area (Å²) in [5.74, 6) is -0.382. The molecule has 2 aromatic carbocycles. The Morgan fingerprint density at radius 3 is 1.92 bits per heavy atom. The number of rotatable bonds is 4. The Bertz CT molecular complexity index is 774. The Morgan fingerprint density at radius 2 is 1.42 bits per heavy atom. The van der Waals surface area contributed by atoms with Crippen molar-refractivity contribution >= 4 is 63.7 Å². The van der Waals surface area contributed by atoms with Crippen molar-refractivity contribution in [2.45, 2.75) is 23.8 Å². The van der Waals surface area contributed by atoms with Crippen LogP contribution in [0, 0.1) is 13.8 Å². The first-order chi connectivity index (χ1) is 12.1. The molecule has 138 valence electrons. The molecule has 0 aromatic heterocycles. The predicted octanol–water partition coefficient (Wildman–Crippen LogP) is 4.72. The second-order valence-electron chi connectivity index (χ2n) is 5.78. The minimum absolute atomic E-state index is 0.217. The summed E-state index contributed by atoms with van der Waals surface area (Å²) in [7, 11) is 0. The highest BCUT2D eigenvalue weighted by atomic mass is 35.6. The number of amides is 1. The number of benzene rings is 2. The highest BCUT2D eigenvalue weighted by Gasteiger charge is 2.34. The molecular formula is C18H18Cl3N3OS. The monoisotopic (exact) mass is 429 g/mol. The van der Waals surface area contributed by atoms with Gasteiger partial charge in [-0.3, -0.25) is 4.79 Å². The fraction of sp³-hybridized carbons (Fsp3) is 0.222. The van der Waals surface area contributed by atoms with E-state index in [1.165, 1.54) is 0 Å². The van der Waals surface area contributed by atoms with Gasteiger partial charge in [-0.05, 0) is 50.3 Å².